The molecular weight excluding hydrogens is 640 g/mol. The van der Waals surface area contributed by atoms with Gasteiger partial charge in [0.05, 0.1) is 25.3 Å². The number of benzene rings is 2. The quantitative estimate of drug-likeness (QED) is 0.0332. The molecule has 4 rings (SSSR count). The first-order valence-electron chi connectivity index (χ1n) is 16.3. The van der Waals surface area contributed by atoms with E-state index in [2.05, 4.69) is 41.2 Å². The highest BCUT2D eigenvalue weighted by Crippen LogP contribution is 2.19. The molecule has 0 saturated carbocycles. The molecule has 2 aromatic carbocycles. The van der Waals surface area contributed by atoms with Gasteiger partial charge in [0.1, 0.15) is 17.8 Å². The van der Waals surface area contributed by atoms with E-state index in [0.717, 1.165) is 22.0 Å². The zero-order chi connectivity index (χ0) is 35.9. The molecule has 0 aliphatic heterocycles. The Labute approximate surface area is 289 Å². The average Bonchev–Trinajstić information content (AvgIpc) is 3.73. The van der Waals surface area contributed by atoms with Crippen molar-refractivity contribution in [3.8, 4) is 0 Å². The molecular formula is C33H46N14O3. The van der Waals surface area contributed by atoms with Crippen LogP contribution in [0, 0.1) is 0 Å². The van der Waals surface area contributed by atoms with Crippen LogP contribution in [-0.4, -0.2) is 80.8 Å². The molecule has 50 heavy (non-hydrogen) atoms. The summed E-state index contributed by atoms with van der Waals surface area (Å²) in [6, 6.07) is 14.4. The third-order valence-electron chi connectivity index (χ3n) is 7.83. The lowest BCUT2D eigenvalue weighted by Crippen LogP contribution is -2.56. The van der Waals surface area contributed by atoms with Crippen molar-refractivity contribution in [1.29, 1.82) is 0 Å². The summed E-state index contributed by atoms with van der Waals surface area (Å²) in [6.07, 6.45) is 5.02. The minimum absolute atomic E-state index is 0.0511. The topological polar surface area (TPSA) is 289 Å². The van der Waals surface area contributed by atoms with Crippen LogP contribution in [0.5, 0.6) is 0 Å². The van der Waals surface area contributed by atoms with E-state index in [1.807, 2.05) is 54.6 Å². The van der Waals surface area contributed by atoms with Gasteiger partial charge in [-0.1, -0.05) is 53.7 Å². The maximum atomic E-state index is 13.9. The van der Waals surface area contributed by atoms with Crippen LogP contribution in [0.15, 0.2) is 77.0 Å². The fraction of sp³-hybridized carbons (Fsp3) is 0.364. The zero-order valence-electron chi connectivity index (χ0n) is 27.8. The smallest absolute Gasteiger partial charge is 0.243 e. The van der Waals surface area contributed by atoms with Crippen LogP contribution >= 0.6 is 0 Å². The molecule has 0 fully saturated rings. The maximum absolute atomic E-state index is 13.9. The van der Waals surface area contributed by atoms with Gasteiger partial charge < -0.3 is 49.6 Å². The van der Waals surface area contributed by atoms with Crippen LogP contribution in [0.2, 0.25) is 0 Å². The largest absolute Gasteiger partial charge is 0.370 e. The molecule has 2 aromatic heterocycles. The van der Waals surface area contributed by atoms with Crippen LogP contribution < -0.4 is 44.6 Å². The standard InChI is InChI=1S/C33H46N14O3/c34-25(11-6-14-39-32(35)36)29(48)44-28(16-22-17-41-26-12-5-4-10-24(22)26)31(50)43-27(13-7-15-40-33(37)38)30(49)42-18-23-20-47(46-45-23)19-21-8-2-1-3-9-21/h1-5,8-10,12,17,20,25,27-28,41H,6-7,11,13-16,18-19,34H2,(H,42,49)(H,43,50)(H,44,48)(H4,35,36,39)(H4,37,38,40)/t25-,27-,28-/m0/s1. The number of para-hydroxylation sites is 1. The Balaban J connectivity index is 1.46. The second-order valence-electron chi connectivity index (χ2n) is 11.8. The summed E-state index contributed by atoms with van der Waals surface area (Å²) >= 11 is 0. The molecule has 0 bridgehead atoms. The second-order valence-corrected chi connectivity index (χ2v) is 11.8. The molecule has 0 spiro atoms. The van der Waals surface area contributed by atoms with Crippen LogP contribution in [0.1, 0.15) is 42.5 Å². The first kappa shape index (κ1) is 36.9. The number of hydrogen-bond acceptors (Lipinski definition) is 8. The van der Waals surface area contributed by atoms with E-state index in [0.29, 0.717) is 31.6 Å². The third kappa shape index (κ3) is 11.6. The molecule has 17 heteroatoms. The molecule has 0 aliphatic rings. The Hall–Kier alpha value is -5.97. The molecule has 4 aromatic rings. The SMILES string of the molecule is NC(N)=NCCC[C@H](NC(=O)[C@H](Cc1c[nH]c2ccccc12)NC(=O)[C@@H](N)CCCN=C(N)N)C(=O)NCc1cn(Cc2ccccc2)nn1. The second kappa shape index (κ2) is 18.5. The lowest BCUT2D eigenvalue weighted by molar-refractivity contribution is -0.132. The first-order valence-corrected chi connectivity index (χ1v) is 16.3. The summed E-state index contributed by atoms with van der Waals surface area (Å²) in [5, 5.41) is 17.7. The predicted octanol–water partition coefficient (Wildman–Crippen LogP) is -0.929. The molecule has 0 unspecified atom stereocenters. The van der Waals surface area contributed by atoms with Crippen molar-refractivity contribution in [2.45, 2.75) is 63.3 Å². The van der Waals surface area contributed by atoms with E-state index in [1.165, 1.54) is 0 Å². The highest BCUT2D eigenvalue weighted by Gasteiger charge is 2.29. The van der Waals surface area contributed by atoms with Crippen LogP contribution in [0.3, 0.4) is 0 Å². The van der Waals surface area contributed by atoms with Crippen molar-refractivity contribution in [1.82, 2.24) is 35.9 Å². The van der Waals surface area contributed by atoms with E-state index in [9.17, 15) is 14.4 Å². The molecule has 2 heterocycles. The molecule has 266 valence electrons. The van der Waals surface area contributed by atoms with Gasteiger partial charge in [-0.05, 0) is 42.9 Å². The summed E-state index contributed by atoms with van der Waals surface area (Å²) in [5.41, 5.74) is 31.1. The van der Waals surface area contributed by atoms with Crippen LogP contribution in [-0.2, 0) is 33.9 Å². The molecule has 0 aliphatic carbocycles. The number of hydrogen-bond donors (Lipinski definition) is 9. The number of aromatic amines is 1. The number of nitrogens with two attached hydrogens (primary N) is 5. The molecule has 14 N–H and O–H groups in total. The normalized spacial score (nSPS) is 12.7. The maximum Gasteiger partial charge on any atom is 0.243 e. The summed E-state index contributed by atoms with van der Waals surface area (Å²) in [4.78, 5) is 51.7. The number of fused-ring (bicyclic) bond motifs is 1. The minimum Gasteiger partial charge on any atom is -0.370 e. The van der Waals surface area contributed by atoms with E-state index in [-0.39, 0.29) is 44.3 Å². The first-order chi connectivity index (χ1) is 24.1. The Morgan fingerprint density at radius 3 is 2.20 bits per heavy atom. The number of guanidine groups is 2. The van der Waals surface area contributed by atoms with Crippen molar-refractivity contribution in [3.63, 3.8) is 0 Å². The molecule has 0 radical (unpaired) electrons. The van der Waals surface area contributed by atoms with E-state index >= 15 is 0 Å². The summed E-state index contributed by atoms with van der Waals surface area (Å²) in [7, 11) is 0. The van der Waals surface area contributed by atoms with Gasteiger partial charge in [-0.15, -0.1) is 5.10 Å². The fourth-order valence-electron chi connectivity index (χ4n) is 5.27. The molecule has 3 amide bonds. The number of amides is 3. The van der Waals surface area contributed by atoms with Gasteiger partial charge in [0.2, 0.25) is 17.7 Å². The highest BCUT2D eigenvalue weighted by molar-refractivity contribution is 5.94. The van der Waals surface area contributed by atoms with Crippen LogP contribution in [0.4, 0.5) is 0 Å². The molecule has 17 nitrogen and oxygen atoms in total. The Kier molecular flexibility index (Phi) is 13.7. The van der Waals surface area contributed by atoms with Gasteiger partial charge in [-0.25, -0.2) is 4.68 Å². The van der Waals surface area contributed by atoms with Gasteiger partial charge in [-0.3, -0.25) is 24.4 Å². The summed E-state index contributed by atoms with van der Waals surface area (Å²) in [5.74, 6) is -1.67. The number of rotatable bonds is 19. The lowest BCUT2D eigenvalue weighted by atomic mass is 10.0. The van der Waals surface area contributed by atoms with E-state index in [1.54, 1.807) is 17.1 Å². The van der Waals surface area contributed by atoms with Crippen LogP contribution in [0.25, 0.3) is 10.9 Å². The summed E-state index contributed by atoms with van der Waals surface area (Å²) < 4.78 is 1.68. The van der Waals surface area contributed by atoms with Gasteiger partial charge in [0.25, 0.3) is 0 Å². The Bertz CT molecular complexity index is 1760. The number of nitrogens with one attached hydrogen (secondary N) is 4. The van der Waals surface area contributed by atoms with Gasteiger partial charge in [0.15, 0.2) is 11.9 Å². The minimum atomic E-state index is -1.06. The number of carbonyl (C=O) groups excluding carboxylic acids is 3. The fourth-order valence-corrected chi connectivity index (χ4v) is 5.27. The number of H-pyrrole nitrogens is 1. The van der Waals surface area contributed by atoms with Crippen molar-refractivity contribution >= 4 is 40.5 Å². The lowest BCUT2D eigenvalue weighted by Gasteiger charge is -2.24. The number of aromatic nitrogens is 4. The van der Waals surface area contributed by atoms with Crippen molar-refractivity contribution in [3.05, 3.63) is 83.8 Å². The van der Waals surface area contributed by atoms with Crippen molar-refractivity contribution in [2.75, 3.05) is 13.1 Å². The monoisotopic (exact) mass is 686 g/mol. The number of carbonyl (C=O) groups is 3. The zero-order valence-corrected chi connectivity index (χ0v) is 27.8. The van der Waals surface area contributed by atoms with Gasteiger partial charge in [0, 0.05) is 36.6 Å². The molecule has 0 saturated heterocycles. The number of nitrogens with zero attached hydrogens (tertiary/aromatic N) is 5. The Morgan fingerprint density at radius 2 is 1.48 bits per heavy atom. The van der Waals surface area contributed by atoms with E-state index in [4.69, 9.17) is 28.7 Å². The van der Waals surface area contributed by atoms with E-state index < -0.39 is 35.8 Å². The third-order valence-corrected chi connectivity index (χ3v) is 7.83. The van der Waals surface area contributed by atoms with Crippen molar-refractivity contribution in [2.24, 2.45) is 38.7 Å². The van der Waals surface area contributed by atoms with Crippen molar-refractivity contribution < 1.29 is 14.4 Å². The van der Waals surface area contributed by atoms with Gasteiger partial charge >= 0.3 is 0 Å². The highest BCUT2D eigenvalue weighted by atomic mass is 16.2. The Morgan fingerprint density at radius 1 is 0.820 bits per heavy atom. The van der Waals surface area contributed by atoms with Gasteiger partial charge in [-0.2, -0.15) is 0 Å². The average molecular weight is 687 g/mol. The molecule has 3 atom stereocenters. The summed E-state index contributed by atoms with van der Waals surface area (Å²) in [6.45, 7) is 1.16. The number of aliphatic imine (C=N–C) groups is 2. The predicted molar refractivity (Wildman–Crippen MR) is 191 cm³/mol.